The number of carbonyl (C=O) groups excluding carboxylic acids is 2. The molecule has 0 bridgehead atoms. The number of amides is 2. The third-order valence-electron chi connectivity index (χ3n) is 5.32. The highest BCUT2D eigenvalue weighted by molar-refractivity contribution is 5.92. The van der Waals surface area contributed by atoms with Crippen LogP contribution in [0.5, 0.6) is 5.75 Å². The normalized spacial score (nSPS) is 14.5. The number of aromatic nitrogens is 2. The number of ether oxygens (including phenoxy) is 1. The molecule has 0 atom stereocenters. The Morgan fingerprint density at radius 1 is 1.17 bits per heavy atom. The van der Waals surface area contributed by atoms with E-state index in [0.717, 1.165) is 17.2 Å². The molecule has 0 unspecified atom stereocenters. The fourth-order valence-electron chi connectivity index (χ4n) is 3.56. The van der Waals surface area contributed by atoms with Gasteiger partial charge in [-0.15, -0.1) is 0 Å². The van der Waals surface area contributed by atoms with E-state index in [1.807, 2.05) is 30.3 Å². The van der Waals surface area contributed by atoms with Gasteiger partial charge < -0.3 is 19.4 Å². The molecule has 0 saturated carbocycles. The van der Waals surface area contributed by atoms with E-state index in [9.17, 15) is 9.59 Å². The number of hydrogen-bond donors (Lipinski definition) is 1. The number of carbonyl (C=O) groups is 2. The number of furan rings is 1. The molecule has 0 aliphatic carbocycles. The Bertz CT molecular complexity index is 987. The van der Waals surface area contributed by atoms with Gasteiger partial charge in [-0.2, -0.15) is 5.10 Å². The van der Waals surface area contributed by atoms with Crippen molar-refractivity contribution in [2.45, 2.75) is 19.4 Å². The lowest BCUT2D eigenvalue weighted by Crippen LogP contribution is -2.43. The van der Waals surface area contributed by atoms with Gasteiger partial charge in [0.25, 0.3) is 5.91 Å². The maximum absolute atomic E-state index is 12.8. The van der Waals surface area contributed by atoms with Crippen LogP contribution >= 0.6 is 0 Å². The molecule has 1 aliphatic rings. The Balaban J connectivity index is 1.31. The predicted octanol–water partition coefficient (Wildman–Crippen LogP) is 2.64. The van der Waals surface area contributed by atoms with Crippen molar-refractivity contribution in [1.29, 1.82) is 0 Å². The number of nitrogens with one attached hydrogen (secondary N) is 1. The molecule has 30 heavy (non-hydrogen) atoms. The Kier molecular flexibility index (Phi) is 5.83. The minimum Gasteiger partial charge on any atom is -0.497 e. The van der Waals surface area contributed by atoms with Gasteiger partial charge in [0.05, 0.1) is 25.6 Å². The number of rotatable bonds is 6. The van der Waals surface area contributed by atoms with E-state index in [1.54, 1.807) is 41.3 Å². The van der Waals surface area contributed by atoms with Crippen LogP contribution in [0.25, 0.3) is 5.69 Å². The van der Waals surface area contributed by atoms with Gasteiger partial charge in [-0.1, -0.05) is 0 Å². The fourth-order valence-corrected chi connectivity index (χ4v) is 3.56. The van der Waals surface area contributed by atoms with Gasteiger partial charge in [0, 0.05) is 25.2 Å². The van der Waals surface area contributed by atoms with Gasteiger partial charge in [-0.05, 0) is 55.3 Å². The number of likely N-dealkylation sites (tertiary alicyclic amines) is 1. The maximum atomic E-state index is 12.8. The van der Waals surface area contributed by atoms with Gasteiger partial charge in [0.1, 0.15) is 11.5 Å². The summed E-state index contributed by atoms with van der Waals surface area (Å²) in [5.41, 5.74) is 1.24. The molecule has 3 heterocycles. The van der Waals surface area contributed by atoms with E-state index in [1.165, 1.54) is 0 Å². The first-order valence-electron chi connectivity index (χ1n) is 9.93. The van der Waals surface area contributed by atoms with E-state index in [4.69, 9.17) is 9.15 Å². The molecule has 1 fully saturated rings. The summed E-state index contributed by atoms with van der Waals surface area (Å²) in [5, 5.41) is 7.32. The lowest BCUT2D eigenvalue weighted by Gasteiger charge is -2.30. The summed E-state index contributed by atoms with van der Waals surface area (Å²) in [7, 11) is 1.62. The Labute approximate surface area is 174 Å². The molecule has 2 amide bonds. The predicted molar refractivity (Wildman–Crippen MR) is 109 cm³/mol. The molecule has 1 saturated heterocycles. The average molecular weight is 408 g/mol. The second-order valence-electron chi connectivity index (χ2n) is 7.21. The van der Waals surface area contributed by atoms with Crippen LogP contribution in [0.3, 0.4) is 0 Å². The summed E-state index contributed by atoms with van der Waals surface area (Å²) < 4.78 is 12.1. The first-order chi connectivity index (χ1) is 14.6. The van der Waals surface area contributed by atoms with Crippen LogP contribution in [0.4, 0.5) is 0 Å². The van der Waals surface area contributed by atoms with Gasteiger partial charge in [-0.3, -0.25) is 9.59 Å². The molecule has 1 aliphatic heterocycles. The highest BCUT2D eigenvalue weighted by atomic mass is 16.5. The first-order valence-corrected chi connectivity index (χ1v) is 9.93. The highest BCUT2D eigenvalue weighted by Crippen LogP contribution is 2.20. The minimum absolute atomic E-state index is 0.00211. The zero-order valence-corrected chi connectivity index (χ0v) is 16.8. The number of hydrogen-bond acceptors (Lipinski definition) is 5. The number of methoxy groups -OCH3 is 1. The Morgan fingerprint density at radius 3 is 2.60 bits per heavy atom. The maximum Gasteiger partial charge on any atom is 0.274 e. The summed E-state index contributed by atoms with van der Waals surface area (Å²) in [4.78, 5) is 26.9. The van der Waals surface area contributed by atoms with Crippen LogP contribution in [0, 0.1) is 5.92 Å². The lowest BCUT2D eigenvalue weighted by molar-refractivity contribution is -0.126. The summed E-state index contributed by atoms with van der Waals surface area (Å²) >= 11 is 0. The monoisotopic (exact) mass is 408 g/mol. The number of piperidine rings is 1. The zero-order valence-electron chi connectivity index (χ0n) is 16.8. The van der Waals surface area contributed by atoms with E-state index < -0.39 is 0 Å². The molecular weight excluding hydrogens is 384 g/mol. The molecule has 1 aromatic carbocycles. The molecule has 3 aromatic rings. The van der Waals surface area contributed by atoms with Gasteiger partial charge in [-0.25, -0.2) is 4.68 Å². The second kappa shape index (κ2) is 8.86. The van der Waals surface area contributed by atoms with Crippen LogP contribution in [0.1, 0.15) is 29.1 Å². The fraction of sp³-hybridized carbons (Fsp3) is 0.318. The van der Waals surface area contributed by atoms with E-state index in [-0.39, 0.29) is 17.7 Å². The van der Waals surface area contributed by atoms with Gasteiger partial charge in [0.2, 0.25) is 5.91 Å². The van der Waals surface area contributed by atoms with Crippen molar-refractivity contribution in [3.8, 4) is 11.4 Å². The van der Waals surface area contributed by atoms with Crippen molar-refractivity contribution < 1.29 is 18.7 Å². The number of benzene rings is 1. The van der Waals surface area contributed by atoms with Crippen molar-refractivity contribution in [3.05, 3.63) is 66.4 Å². The molecule has 2 aromatic heterocycles. The van der Waals surface area contributed by atoms with Crippen molar-refractivity contribution >= 4 is 11.8 Å². The Morgan fingerprint density at radius 2 is 1.93 bits per heavy atom. The molecule has 4 rings (SSSR count). The topological polar surface area (TPSA) is 89.6 Å². The lowest BCUT2D eigenvalue weighted by atomic mass is 9.95. The standard InChI is InChI=1S/C22H24N4O4/c1-29-18-6-4-17(5-7-18)26-13-10-20(24-26)22(28)25-11-8-16(9-12-25)21(27)23-15-19-3-2-14-30-19/h2-7,10,13-14,16H,8-9,11-12,15H2,1H3,(H,23,27). The second-order valence-corrected chi connectivity index (χ2v) is 7.21. The van der Waals surface area contributed by atoms with Gasteiger partial charge >= 0.3 is 0 Å². The molecule has 1 N–H and O–H groups in total. The number of nitrogens with zero attached hydrogens (tertiary/aromatic N) is 3. The van der Waals surface area contributed by atoms with E-state index in [0.29, 0.717) is 38.2 Å². The zero-order chi connectivity index (χ0) is 20.9. The van der Waals surface area contributed by atoms with Crippen molar-refractivity contribution in [2.75, 3.05) is 20.2 Å². The largest absolute Gasteiger partial charge is 0.497 e. The smallest absolute Gasteiger partial charge is 0.274 e. The molecular formula is C22H24N4O4. The van der Waals surface area contributed by atoms with Crippen molar-refractivity contribution in [1.82, 2.24) is 20.0 Å². The molecule has 0 spiro atoms. The first kappa shape index (κ1) is 19.8. The van der Waals surface area contributed by atoms with Crippen molar-refractivity contribution in [3.63, 3.8) is 0 Å². The third kappa shape index (κ3) is 4.37. The van der Waals surface area contributed by atoms with Crippen LogP contribution in [-0.2, 0) is 11.3 Å². The van der Waals surface area contributed by atoms with Crippen LogP contribution in [-0.4, -0.2) is 46.7 Å². The highest BCUT2D eigenvalue weighted by Gasteiger charge is 2.28. The third-order valence-corrected chi connectivity index (χ3v) is 5.32. The Hall–Kier alpha value is -3.55. The molecule has 8 nitrogen and oxygen atoms in total. The van der Waals surface area contributed by atoms with E-state index >= 15 is 0 Å². The van der Waals surface area contributed by atoms with Crippen LogP contribution < -0.4 is 10.1 Å². The summed E-state index contributed by atoms with van der Waals surface area (Å²) in [6.07, 6.45) is 4.62. The van der Waals surface area contributed by atoms with Crippen LogP contribution in [0.15, 0.2) is 59.3 Å². The molecule has 156 valence electrons. The molecule has 8 heteroatoms. The summed E-state index contributed by atoms with van der Waals surface area (Å²) in [5.74, 6) is 1.28. The minimum atomic E-state index is -0.114. The van der Waals surface area contributed by atoms with Crippen LogP contribution in [0.2, 0.25) is 0 Å². The van der Waals surface area contributed by atoms with Gasteiger partial charge in [0.15, 0.2) is 5.69 Å². The van der Waals surface area contributed by atoms with Crippen molar-refractivity contribution in [2.24, 2.45) is 5.92 Å². The summed E-state index contributed by atoms with van der Waals surface area (Å²) in [6, 6.07) is 12.8. The average Bonchev–Trinajstić information content (AvgIpc) is 3.49. The van der Waals surface area contributed by atoms with E-state index in [2.05, 4.69) is 10.4 Å². The SMILES string of the molecule is COc1ccc(-n2ccc(C(=O)N3CCC(C(=O)NCc4ccco4)CC3)n2)cc1. The quantitative estimate of drug-likeness (QED) is 0.677. The summed E-state index contributed by atoms with van der Waals surface area (Å²) in [6.45, 7) is 1.45. The molecule has 0 radical (unpaired) electrons.